The molecule has 3 heterocycles. The number of rotatable bonds is 1. The lowest BCUT2D eigenvalue weighted by Crippen LogP contribution is -2.35. The molecule has 0 aliphatic carbocycles. The summed E-state index contributed by atoms with van der Waals surface area (Å²) >= 11 is 0. The Kier molecular flexibility index (Phi) is 4.09. The highest BCUT2D eigenvalue weighted by Gasteiger charge is 2.32. The fraction of sp³-hybridized carbons (Fsp3) is 0.278. The first-order valence-corrected chi connectivity index (χ1v) is 9.83. The van der Waals surface area contributed by atoms with Crippen molar-refractivity contribution in [1.82, 2.24) is 9.88 Å². The Morgan fingerprint density at radius 1 is 1.04 bits per heavy atom. The molecule has 0 bridgehead atoms. The minimum Gasteiger partial charge on any atom is -0.370 e. The van der Waals surface area contributed by atoms with Crippen LogP contribution in [0.3, 0.4) is 0 Å². The molecule has 1 saturated heterocycles. The van der Waals surface area contributed by atoms with Crippen molar-refractivity contribution < 1.29 is 8.42 Å². The highest BCUT2D eigenvalue weighted by Crippen LogP contribution is 2.28. The molecule has 0 unspecified atom stereocenters. The first kappa shape index (κ1) is 16.5. The van der Waals surface area contributed by atoms with E-state index in [1.165, 1.54) is 0 Å². The quantitative estimate of drug-likeness (QED) is 0.761. The molecule has 0 amide bonds. The lowest BCUT2D eigenvalue weighted by Gasteiger charge is -2.24. The smallest absolute Gasteiger partial charge is 0.285 e. The van der Waals surface area contributed by atoms with Gasteiger partial charge in [0.25, 0.3) is 10.0 Å². The fourth-order valence-corrected chi connectivity index (χ4v) is 4.61. The number of benzene rings is 1. The second kappa shape index (κ2) is 6.42. The van der Waals surface area contributed by atoms with Gasteiger partial charge in [0.05, 0.1) is 0 Å². The third kappa shape index (κ3) is 2.91. The topological polar surface area (TPSA) is 89.7 Å². The molecule has 26 heavy (non-hydrogen) atoms. The first-order chi connectivity index (χ1) is 12.6. The van der Waals surface area contributed by atoms with Gasteiger partial charge >= 0.3 is 0 Å². The van der Waals surface area contributed by atoms with Gasteiger partial charge in [-0.15, -0.1) is 4.40 Å². The van der Waals surface area contributed by atoms with E-state index in [1.807, 2.05) is 23.1 Å². The van der Waals surface area contributed by atoms with Crippen molar-refractivity contribution in [2.75, 3.05) is 31.1 Å². The van der Waals surface area contributed by atoms with Gasteiger partial charge in [0, 0.05) is 43.6 Å². The molecule has 0 spiro atoms. The van der Waals surface area contributed by atoms with E-state index in [2.05, 4.69) is 20.4 Å². The van der Waals surface area contributed by atoms with Gasteiger partial charge < -0.3 is 9.80 Å². The lowest BCUT2D eigenvalue weighted by molar-refractivity contribution is 0.450. The van der Waals surface area contributed by atoms with Crippen LogP contribution in [0.15, 0.2) is 51.9 Å². The molecule has 7 nitrogen and oxygen atoms in total. The Morgan fingerprint density at radius 3 is 2.65 bits per heavy atom. The summed E-state index contributed by atoms with van der Waals surface area (Å²) in [5, 5.41) is 9.03. The molecule has 1 aromatic carbocycles. The number of aromatic nitrogens is 1. The fourth-order valence-electron chi connectivity index (χ4n) is 3.38. The Labute approximate surface area is 152 Å². The summed E-state index contributed by atoms with van der Waals surface area (Å²) in [6.07, 6.45) is 2.51. The van der Waals surface area contributed by atoms with Crippen LogP contribution in [0.5, 0.6) is 0 Å². The molecule has 8 heteroatoms. The normalized spacial score (nSPS) is 18.7. The average molecular weight is 367 g/mol. The number of hydrogen-bond acceptors (Lipinski definition) is 6. The van der Waals surface area contributed by atoms with E-state index in [1.54, 1.807) is 24.4 Å². The molecule has 1 fully saturated rings. The van der Waals surface area contributed by atoms with E-state index in [4.69, 9.17) is 5.26 Å². The van der Waals surface area contributed by atoms with Crippen LogP contribution in [0.4, 0.5) is 5.69 Å². The van der Waals surface area contributed by atoms with E-state index in [0.717, 1.165) is 31.7 Å². The lowest BCUT2D eigenvalue weighted by atomic mass is 10.2. The van der Waals surface area contributed by atoms with Crippen molar-refractivity contribution in [3.63, 3.8) is 0 Å². The minimum atomic E-state index is -3.60. The Morgan fingerprint density at radius 2 is 1.81 bits per heavy atom. The third-order valence-electron chi connectivity index (χ3n) is 4.63. The van der Waals surface area contributed by atoms with E-state index >= 15 is 0 Å². The predicted molar refractivity (Wildman–Crippen MR) is 97.5 cm³/mol. The second-order valence-corrected chi connectivity index (χ2v) is 7.80. The van der Waals surface area contributed by atoms with Crippen LogP contribution < -0.4 is 4.90 Å². The number of nitrogens with zero attached hydrogens (tertiary/aromatic N) is 5. The van der Waals surface area contributed by atoms with Crippen LogP contribution in [0, 0.1) is 11.3 Å². The van der Waals surface area contributed by atoms with Gasteiger partial charge in [-0.25, -0.2) is 4.98 Å². The van der Waals surface area contributed by atoms with Crippen LogP contribution >= 0.6 is 0 Å². The van der Waals surface area contributed by atoms with Crippen molar-refractivity contribution in [3.8, 4) is 6.07 Å². The Bertz CT molecular complexity index is 1030. The number of nitriles is 1. The van der Waals surface area contributed by atoms with E-state index in [0.29, 0.717) is 23.6 Å². The summed E-state index contributed by atoms with van der Waals surface area (Å²) in [6.45, 7) is 2.94. The van der Waals surface area contributed by atoms with Crippen LogP contribution in [-0.4, -0.2) is 50.3 Å². The molecule has 0 N–H and O–H groups in total. The molecule has 4 rings (SSSR count). The van der Waals surface area contributed by atoms with E-state index in [9.17, 15) is 8.42 Å². The molecule has 0 saturated carbocycles. The largest absolute Gasteiger partial charge is 0.370 e. The number of fused-ring (bicyclic) bond motifs is 1. The van der Waals surface area contributed by atoms with Crippen molar-refractivity contribution in [2.45, 2.75) is 11.3 Å². The standard InChI is InChI=1S/C18H17N5O2S/c19-13-14-12-15(6-7-20-14)22-8-3-9-23(11-10-22)18-16-4-1-2-5-17(16)26(24,25)21-18/h1-2,4-7,12H,3,8-11H2. The minimum absolute atomic E-state index is 0.281. The van der Waals surface area contributed by atoms with Crippen molar-refractivity contribution in [1.29, 1.82) is 5.26 Å². The highest BCUT2D eigenvalue weighted by atomic mass is 32.2. The van der Waals surface area contributed by atoms with Crippen LogP contribution in [0.1, 0.15) is 17.7 Å². The van der Waals surface area contributed by atoms with Gasteiger partial charge in [-0.2, -0.15) is 13.7 Å². The molecule has 1 aromatic heterocycles. The summed E-state index contributed by atoms with van der Waals surface area (Å²) in [5.74, 6) is 0.537. The highest BCUT2D eigenvalue weighted by molar-refractivity contribution is 7.90. The summed E-state index contributed by atoms with van der Waals surface area (Å²) < 4.78 is 28.6. The van der Waals surface area contributed by atoms with Gasteiger partial charge in [0.1, 0.15) is 16.7 Å². The second-order valence-electron chi connectivity index (χ2n) is 6.22. The van der Waals surface area contributed by atoms with Crippen LogP contribution in [0.25, 0.3) is 0 Å². The zero-order valence-electron chi connectivity index (χ0n) is 14.0. The van der Waals surface area contributed by atoms with Crippen LogP contribution in [-0.2, 0) is 10.0 Å². The van der Waals surface area contributed by atoms with Gasteiger partial charge in [0.15, 0.2) is 5.84 Å². The third-order valence-corrected chi connectivity index (χ3v) is 5.96. The summed E-state index contributed by atoms with van der Waals surface area (Å²) in [6, 6.07) is 12.7. The number of amidine groups is 1. The maximum atomic E-state index is 12.3. The van der Waals surface area contributed by atoms with E-state index in [-0.39, 0.29) is 4.90 Å². The first-order valence-electron chi connectivity index (χ1n) is 8.39. The SMILES string of the molecule is N#Cc1cc(N2CCCN(C3=NS(=O)(=O)c4ccccc43)CC2)ccn1. The molecule has 0 radical (unpaired) electrons. The van der Waals surface area contributed by atoms with Gasteiger partial charge in [0.2, 0.25) is 0 Å². The molecule has 132 valence electrons. The van der Waals surface area contributed by atoms with Gasteiger partial charge in [-0.1, -0.05) is 12.1 Å². The molecular weight excluding hydrogens is 350 g/mol. The maximum Gasteiger partial charge on any atom is 0.285 e. The average Bonchev–Trinajstić information content (AvgIpc) is 2.81. The van der Waals surface area contributed by atoms with Gasteiger partial charge in [-0.05, 0) is 30.7 Å². The summed E-state index contributed by atoms with van der Waals surface area (Å²) in [4.78, 5) is 8.52. The monoisotopic (exact) mass is 367 g/mol. The maximum absolute atomic E-state index is 12.3. The molecule has 2 aliphatic heterocycles. The van der Waals surface area contributed by atoms with E-state index < -0.39 is 10.0 Å². The van der Waals surface area contributed by atoms with Crippen molar-refractivity contribution in [2.24, 2.45) is 4.40 Å². The molecule has 2 aliphatic rings. The number of pyridine rings is 1. The molecule has 0 atom stereocenters. The summed E-state index contributed by atoms with van der Waals surface area (Å²) in [5.41, 5.74) is 2.03. The number of hydrogen-bond donors (Lipinski definition) is 0. The number of sulfonamides is 1. The number of anilines is 1. The molecule has 2 aromatic rings. The predicted octanol–water partition coefficient (Wildman–Crippen LogP) is 1.61. The van der Waals surface area contributed by atoms with Crippen molar-refractivity contribution >= 4 is 21.5 Å². The molecular formula is C18H17N5O2S. The zero-order valence-corrected chi connectivity index (χ0v) is 14.9. The Balaban J connectivity index is 1.58. The van der Waals surface area contributed by atoms with Crippen molar-refractivity contribution in [3.05, 3.63) is 53.9 Å². The zero-order chi connectivity index (χ0) is 18.1. The van der Waals surface area contributed by atoms with Crippen LogP contribution in [0.2, 0.25) is 0 Å². The van der Waals surface area contributed by atoms with Gasteiger partial charge in [-0.3, -0.25) is 0 Å². The Hall–Kier alpha value is -2.92. The summed E-state index contributed by atoms with van der Waals surface area (Å²) in [7, 11) is -3.60.